The molecule has 0 bridgehead atoms. The molecule has 1 atom stereocenters. The molecule has 0 saturated heterocycles. The fourth-order valence-corrected chi connectivity index (χ4v) is 3.42. The van der Waals surface area contributed by atoms with Gasteiger partial charge in [-0.2, -0.15) is 0 Å². The second-order valence-electron chi connectivity index (χ2n) is 5.64. The van der Waals surface area contributed by atoms with Crippen molar-refractivity contribution in [2.45, 2.75) is 57.1 Å². The zero-order chi connectivity index (χ0) is 13.7. The zero-order valence-electron chi connectivity index (χ0n) is 12.4. The van der Waals surface area contributed by atoms with E-state index in [1.807, 2.05) is 26.6 Å². The monoisotopic (exact) mass is 262 g/mol. The van der Waals surface area contributed by atoms with E-state index in [2.05, 4.69) is 23.3 Å². The van der Waals surface area contributed by atoms with Crippen molar-refractivity contribution in [1.82, 2.24) is 10.3 Å². The Hall–Kier alpha value is -0.930. The molecule has 0 radical (unpaired) electrons. The van der Waals surface area contributed by atoms with Gasteiger partial charge in [-0.05, 0) is 44.0 Å². The number of nitrogens with zero attached hydrogens (tertiary/aromatic N) is 1. The van der Waals surface area contributed by atoms with Crippen molar-refractivity contribution in [2.75, 3.05) is 14.2 Å². The number of nitrogens with one attached hydrogen (secondary N) is 1. The number of methoxy groups -OCH3 is 1. The first-order valence-corrected chi connectivity index (χ1v) is 7.36. The molecule has 1 aromatic heterocycles. The van der Waals surface area contributed by atoms with Crippen LogP contribution in [0, 0.1) is 6.92 Å². The van der Waals surface area contributed by atoms with Crippen LogP contribution in [0.5, 0.6) is 0 Å². The molecule has 3 heteroatoms. The molecule has 1 aliphatic carbocycles. The molecule has 1 unspecified atom stereocenters. The molecule has 0 amide bonds. The minimum absolute atomic E-state index is 0.0843. The van der Waals surface area contributed by atoms with E-state index in [4.69, 9.17) is 4.74 Å². The Morgan fingerprint density at radius 3 is 2.47 bits per heavy atom. The van der Waals surface area contributed by atoms with Gasteiger partial charge < -0.3 is 10.1 Å². The predicted octanol–water partition coefficient (Wildman–Crippen LogP) is 3.39. The van der Waals surface area contributed by atoms with Gasteiger partial charge in [-0.15, -0.1) is 0 Å². The second kappa shape index (κ2) is 6.49. The van der Waals surface area contributed by atoms with Crippen LogP contribution in [0.1, 0.15) is 55.7 Å². The van der Waals surface area contributed by atoms with Crippen LogP contribution in [-0.2, 0) is 4.74 Å². The van der Waals surface area contributed by atoms with Crippen LogP contribution in [0.2, 0.25) is 0 Å². The van der Waals surface area contributed by atoms with Gasteiger partial charge in [-0.1, -0.05) is 25.7 Å². The van der Waals surface area contributed by atoms with Crippen molar-refractivity contribution in [1.29, 1.82) is 0 Å². The van der Waals surface area contributed by atoms with Crippen LogP contribution in [-0.4, -0.2) is 24.7 Å². The topological polar surface area (TPSA) is 34.2 Å². The molecule has 1 aromatic rings. The second-order valence-corrected chi connectivity index (χ2v) is 5.64. The first kappa shape index (κ1) is 14.5. The van der Waals surface area contributed by atoms with E-state index < -0.39 is 0 Å². The van der Waals surface area contributed by atoms with Gasteiger partial charge in [-0.25, -0.2) is 0 Å². The molecule has 0 aliphatic heterocycles. The Bertz CT molecular complexity index is 397. The fraction of sp³-hybridized carbons (Fsp3) is 0.688. The quantitative estimate of drug-likeness (QED) is 0.845. The lowest BCUT2D eigenvalue weighted by molar-refractivity contribution is -0.0525. The third kappa shape index (κ3) is 2.98. The van der Waals surface area contributed by atoms with Gasteiger partial charge in [0.2, 0.25) is 0 Å². The highest BCUT2D eigenvalue weighted by atomic mass is 16.5. The Labute approximate surface area is 116 Å². The summed E-state index contributed by atoms with van der Waals surface area (Å²) in [5, 5.41) is 3.48. The average molecular weight is 262 g/mol. The van der Waals surface area contributed by atoms with Crippen LogP contribution in [0.4, 0.5) is 0 Å². The van der Waals surface area contributed by atoms with E-state index >= 15 is 0 Å². The van der Waals surface area contributed by atoms with Crippen molar-refractivity contribution in [3.8, 4) is 0 Å². The number of hydrogen-bond acceptors (Lipinski definition) is 3. The van der Waals surface area contributed by atoms with Crippen molar-refractivity contribution >= 4 is 0 Å². The minimum Gasteiger partial charge on any atom is -0.376 e. The van der Waals surface area contributed by atoms with Gasteiger partial charge in [0, 0.05) is 19.5 Å². The van der Waals surface area contributed by atoms with E-state index in [0.29, 0.717) is 0 Å². The molecule has 1 aliphatic rings. The number of hydrogen-bond donors (Lipinski definition) is 1. The van der Waals surface area contributed by atoms with E-state index in [1.54, 1.807) is 0 Å². The van der Waals surface area contributed by atoms with Gasteiger partial charge in [-0.3, -0.25) is 4.98 Å². The standard InChI is InChI=1S/C16H26N2O/c1-13-8-11-18-12-14(13)15(17-2)16(19-3)9-6-4-5-7-10-16/h8,11-12,15,17H,4-7,9-10H2,1-3H3. The summed E-state index contributed by atoms with van der Waals surface area (Å²) in [6.45, 7) is 2.15. The fourth-order valence-electron chi connectivity index (χ4n) is 3.42. The molecule has 0 aromatic carbocycles. The molecule has 2 rings (SSSR count). The maximum absolute atomic E-state index is 6.03. The summed E-state index contributed by atoms with van der Waals surface area (Å²) in [6, 6.07) is 2.31. The number of rotatable bonds is 4. The van der Waals surface area contributed by atoms with Crippen LogP contribution in [0.3, 0.4) is 0 Å². The maximum Gasteiger partial charge on any atom is 0.0873 e. The third-order valence-corrected chi connectivity index (χ3v) is 4.56. The third-order valence-electron chi connectivity index (χ3n) is 4.56. The molecule has 1 N–H and O–H groups in total. The first-order valence-electron chi connectivity index (χ1n) is 7.36. The van der Waals surface area contributed by atoms with Gasteiger partial charge in [0.1, 0.15) is 0 Å². The van der Waals surface area contributed by atoms with Gasteiger partial charge in [0.15, 0.2) is 0 Å². The maximum atomic E-state index is 6.03. The molecular weight excluding hydrogens is 236 g/mol. The van der Waals surface area contributed by atoms with Gasteiger partial charge >= 0.3 is 0 Å². The normalized spacial score (nSPS) is 20.8. The molecule has 106 valence electrons. The molecule has 1 fully saturated rings. The Balaban J connectivity index is 2.35. The Morgan fingerprint density at radius 1 is 1.26 bits per heavy atom. The minimum atomic E-state index is -0.0843. The summed E-state index contributed by atoms with van der Waals surface area (Å²) in [5.74, 6) is 0. The van der Waals surface area contributed by atoms with E-state index in [9.17, 15) is 0 Å². The molecule has 0 spiro atoms. The molecule has 19 heavy (non-hydrogen) atoms. The molecular formula is C16H26N2O. The molecule has 1 saturated carbocycles. The zero-order valence-corrected chi connectivity index (χ0v) is 12.4. The number of likely N-dealkylation sites (N-methyl/N-ethyl adjacent to an activating group) is 1. The Kier molecular flexibility index (Phi) is 4.94. The summed E-state index contributed by atoms with van der Waals surface area (Å²) >= 11 is 0. The molecule has 1 heterocycles. The number of ether oxygens (including phenoxy) is 1. The lowest BCUT2D eigenvalue weighted by Gasteiger charge is -2.40. The van der Waals surface area contributed by atoms with Crippen molar-refractivity contribution in [2.24, 2.45) is 0 Å². The summed E-state index contributed by atoms with van der Waals surface area (Å²) in [4.78, 5) is 4.30. The average Bonchev–Trinajstić information content (AvgIpc) is 2.68. The van der Waals surface area contributed by atoms with Crippen LogP contribution in [0.25, 0.3) is 0 Å². The van der Waals surface area contributed by atoms with Crippen LogP contribution in [0.15, 0.2) is 18.5 Å². The van der Waals surface area contributed by atoms with Gasteiger partial charge in [0.05, 0.1) is 11.6 Å². The SMILES string of the molecule is CNC(c1cnccc1C)C1(OC)CCCCCC1. The number of aryl methyl sites for hydroxylation is 1. The van der Waals surface area contributed by atoms with Gasteiger partial charge in [0.25, 0.3) is 0 Å². The Morgan fingerprint density at radius 2 is 1.95 bits per heavy atom. The summed E-state index contributed by atoms with van der Waals surface area (Å²) in [6.07, 6.45) is 11.3. The lowest BCUT2D eigenvalue weighted by Crippen LogP contribution is -2.44. The number of pyridine rings is 1. The largest absolute Gasteiger partial charge is 0.376 e. The van der Waals surface area contributed by atoms with Crippen molar-refractivity contribution in [3.05, 3.63) is 29.6 Å². The van der Waals surface area contributed by atoms with Crippen molar-refractivity contribution in [3.63, 3.8) is 0 Å². The molecule has 3 nitrogen and oxygen atoms in total. The summed E-state index contributed by atoms with van der Waals surface area (Å²) in [7, 11) is 3.89. The first-order chi connectivity index (χ1) is 9.23. The van der Waals surface area contributed by atoms with Crippen LogP contribution >= 0.6 is 0 Å². The lowest BCUT2D eigenvalue weighted by atomic mass is 9.81. The van der Waals surface area contributed by atoms with Crippen molar-refractivity contribution < 1.29 is 4.74 Å². The highest BCUT2D eigenvalue weighted by Gasteiger charge is 2.39. The van der Waals surface area contributed by atoms with E-state index in [0.717, 1.165) is 12.8 Å². The highest BCUT2D eigenvalue weighted by Crippen LogP contribution is 2.40. The highest BCUT2D eigenvalue weighted by molar-refractivity contribution is 5.28. The predicted molar refractivity (Wildman–Crippen MR) is 78.2 cm³/mol. The van der Waals surface area contributed by atoms with E-state index in [-0.39, 0.29) is 11.6 Å². The van der Waals surface area contributed by atoms with E-state index in [1.165, 1.54) is 36.8 Å². The number of aromatic nitrogens is 1. The smallest absolute Gasteiger partial charge is 0.0873 e. The summed E-state index contributed by atoms with van der Waals surface area (Å²) in [5.41, 5.74) is 2.47. The van der Waals surface area contributed by atoms with Crippen LogP contribution < -0.4 is 5.32 Å². The summed E-state index contributed by atoms with van der Waals surface area (Å²) < 4.78 is 6.03.